The van der Waals surface area contributed by atoms with E-state index in [4.69, 9.17) is 4.74 Å². The third-order valence-corrected chi connectivity index (χ3v) is 4.10. The van der Waals surface area contributed by atoms with Crippen molar-refractivity contribution in [2.45, 2.75) is 0 Å². The minimum absolute atomic E-state index is 0.131. The fourth-order valence-corrected chi connectivity index (χ4v) is 2.64. The number of nitrogens with zero attached hydrogens (tertiary/aromatic N) is 2. The van der Waals surface area contributed by atoms with Crippen molar-refractivity contribution in [2.75, 3.05) is 38.7 Å². The standard InChI is InChI=1S/C19H19N3O5/c1-26-19(25)13-2-4-15(5-3-13)21-17(23)16-12-14(6-7-20-16)18(24)22-8-10-27-11-9-22/h2-7,12H,8-11H2,1H3,(H,21,23). The molecule has 140 valence electrons. The molecule has 0 saturated carbocycles. The Bertz CT molecular complexity index is 845. The van der Waals surface area contributed by atoms with Gasteiger partial charge in [-0.1, -0.05) is 0 Å². The zero-order valence-corrected chi connectivity index (χ0v) is 14.8. The molecule has 1 aliphatic heterocycles. The van der Waals surface area contributed by atoms with E-state index >= 15 is 0 Å². The average Bonchev–Trinajstić information content (AvgIpc) is 2.74. The first-order chi connectivity index (χ1) is 13.1. The summed E-state index contributed by atoms with van der Waals surface area (Å²) in [6.45, 7) is 2.06. The van der Waals surface area contributed by atoms with Crippen LogP contribution in [-0.4, -0.2) is 61.1 Å². The molecule has 0 atom stereocenters. The number of hydrogen-bond acceptors (Lipinski definition) is 6. The molecule has 0 bridgehead atoms. The molecule has 8 heteroatoms. The van der Waals surface area contributed by atoms with Crippen LogP contribution < -0.4 is 5.32 Å². The number of carbonyl (C=O) groups is 3. The molecule has 1 aromatic heterocycles. The van der Waals surface area contributed by atoms with E-state index in [1.807, 2.05) is 0 Å². The molecule has 1 fully saturated rings. The Balaban J connectivity index is 1.69. The molecule has 1 aliphatic rings. The molecule has 8 nitrogen and oxygen atoms in total. The number of carbonyl (C=O) groups excluding carboxylic acids is 3. The number of methoxy groups -OCH3 is 1. The van der Waals surface area contributed by atoms with Crippen molar-refractivity contribution < 1.29 is 23.9 Å². The number of benzene rings is 1. The van der Waals surface area contributed by atoms with Gasteiger partial charge in [0.05, 0.1) is 25.9 Å². The van der Waals surface area contributed by atoms with E-state index in [1.165, 1.54) is 19.4 Å². The fraction of sp³-hybridized carbons (Fsp3) is 0.263. The lowest BCUT2D eigenvalue weighted by Gasteiger charge is -2.26. The predicted molar refractivity (Wildman–Crippen MR) is 96.7 cm³/mol. The second kappa shape index (κ2) is 8.41. The summed E-state index contributed by atoms with van der Waals surface area (Å²) < 4.78 is 9.88. The van der Waals surface area contributed by atoms with Gasteiger partial charge in [-0.25, -0.2) is 4.79 Å². The van der Waals surface area contributed by atoms with Crippen LogP contribution >= 0.6 is 0 Å². The number of hydrogen-bond donors (Lipinski definition) is 1. The Labute approximate surface area is 156 Å². The minimum Gasteiger partial charge on any atom is -0.465 e. The summed E-state index contributed by atoms with van der Waals surface area (Å²) in [5.41, 5.74) is 1.41. The zero-order valence-electron chi connectivity index (χ0n) is 14.8. The maximum atomic E-state index is 12.5. The van der Waals surface area contributed by atoms with Crippen LogP contribution in [0.1, 0.15) is 31.2 Å². The first-order valence-corrected chi connectivity index (χ1v) is 8.41. The van der Waals surface area contributed by atoms with Gasteiger partial charge in [0.1, 0.15) is 5.69 Å². The largest absolute Gasteiger partial charge is 0.465 e. The van der Waals surface area contributed by atoms with E-state index in [0.29, 0.717) is 43.1 Å². The van der Waals surface area contributed by atoms with Crippen LogP contribution in [0.5, 0.6) is 0 Å². The van der Waals surface area contributed by atoms with Gasteiger partial charge in [-0.15, -0.1) is 0 Å². The summed E-state index contributed by atoms with van der Waals surface area (Å²) in [7, 11) is 1.30. The summed E-state index contributed by atoms with van der Waals surface area (Å²) in [5, 5.41) is 2.69. The quantitative estimate of drug-likeness (QED) is 0.822. The Morgan fingerprint density at radius 2 is 1.78 bits per heavy atom. The SMILES string of the molecule is COC(=O)c1ccc(NC(=O)c2cc(C(=O)N3CCOCC3)ccn2)cc1. The van der Waals surface area contributed by atoms with Crippen molar-refractivity contribution in [3.63, 3.8) is 0 Å². The number of morpholine rings is 1. The summed E-state index contributed by atoms with van der Waals surface area (Å²) in [4.78, 5) is 42.1. The lowest BCUT2D eigenvalue weighted by Crippen LogP contribution is -2.40. The highest BCUT2D eigenvalue weighted by atomic mass is 16.5. The number of rotatable bonds is 4. The highest BCUT2D eigenvalue weighted by Crippen LogP contribution is 2.13. The second-order valence-electron chi connectivity index (χ2n) is 5.86. The molecule has 3 rings (SSSR count). The molecule has 1 saturated heterocycles. The van der Waals surface area contributed by atoms with Crippen LogP contribution in [0.4, 0.5) is 5.69 Å². The minimum atomic E-state index is -0.455. The van der Waals surface area contributed by atoms with E-state index in [1.54, 1.807) is 35.2 Å². The van der Waals surface area contributed by atoms with E-state index in [9.17, 15) is 14.4 Å². The maximum Gasteiger partial charge on any atom is 0.337 e. The molecule has 0 spiro atoms. The van der Waals surface area contributed by atoms with E-state index in [-0.39, 0.29) is 11.6 Å². The average molecular weight is 369 g/mol. The van der Waals surface area contributed by atoms with Crippen molar-refractivity contribution >= 4 is 23.5 Å². The smallest absolute Gasteiger partial charge is 0.337 e. The monoisotopic (exact) mass is 369 g/mol. The Morgan fingerprint density at radius 1 is 1.07 bits per heavy atom. The molecular formula is C19H19N3O5. The molecule has 1 aromatic carbocycles. The molecule has 2 aromatic rings. The number of amides is 2. The molecule has 0 radical (unpaired) electrons. The van der Waals surface area contributed by atoms with Gasteiger partial charge in [0.2, 0.25) is 0 Å². The van der Waals surface area contributed by atoms with Crippen LogP contribution in [0.3, 0.4) is 0 Å². The van der Waals surface area contributed by atoms with Crippen LogP contribution in [0.15, 0.2) is 42.6 Å². The van der Waals surface area contributed by atoms with Crippen molar-refractivity contribution in [3.05, 3.63) is 59.4 Å². The highest BCUT2D eigenvalue weighted by molar-refractivity contribution is 6.05. The lowest BCUT2D eigenvalue weighted by atomic mass is 10.1. The van der Waals surface area contributed by atoms with Crippen molar-refractivity contribution in [1.82, 2.24) is 9.88 Å². The first kappa shape index (κ1) is 18.5. The number of anilines is 1. The van der Waals surface area contributed by atoms with Crippen molar-refractivity contribution in [1.29, 1.82) is 0 Å². The number of esters is 1. The third-order valence-electron chi connectivity index (χ3n) is 4.10. The number of nitrogens with one attached hydrogen (secondary N) is 1. The highest BCUT2D eigenvalue weighted by Gasteiger charge is 2.20. The summed E-state index contributed by atoms with van der Waals surface area (Å²) in [5.74, 6) is -1.06. The van der Waals surface area contributed by atoms with Crippen LogP contribution in [0.25, 0.3) is 0 Å². The molecule has 2 heterocycles. The van der Waals surface area contributed by atoms with Gasteiger partial charge in [-0.05, 0) is 36.4 Å². The Kier molecular flexibility index (Phi) is 5.77. The van der Waals surface area contributed by atoms with Crippen LogP contribution in [0, 0.1) is 0 Å². The summed E-state index contributed by atoms with van der Waals surface area (Å²) in [6.07, 6.45) is 1.43. The van der Waals surface area contributed by atoms with Gasteiger partial charge in [0.25, 0.3) is 11.8 Å². The normalized spacial score (nSPS) is 13.7. The van der Waals surface area contributed by atoms with Gasteiger partial charge in [-0.3, -0.25) is 14.6 Å². The van der Waals surface area contributed by atoms with Crippen LogP contribution in [-0.2, 0) is 9.47 Å². The molecule has 1 N–H and O–H groups in total. The third kappa shape index (κ3) is 4.48. The number of aromatic nitrogens is 1. The van der Waals surface area contributed by atoms with E-state index < -0.39 is 11.9 Å². The van der Waals surface area contributed by atoms with E-state index in [2.05, 4.69) is 15.0 Å². The molecule has 0 unspecified atom stereocenters. The Hall–Kier alpha value is -3.26. The molecule has 2 amide bonds. The van der Waals surface area contributed by atoms with Gasteiger partial charge in [0.15, 0.2) is 0 Å². The molecular weight excluding hydrogens is 350 g/mol. The van der Waals surface area contributed by atoms with Crippen molar-refractivity contribution in [2.24, 2.45) is 0 Å². The van der Waals surface area contributed by atoms with Gasteiger partial charge in [-0.2, -0.15) is 0 Å². The van der Waals surface area contributed by atoms with Crippen molar-refractivity contribution in [3.8, 4) is 0 Å². The van der Waals surface area contributed by atoms with Gasteiger partial charge in [0, 0.05) is 30.5 Å². The number of pyridine rings is 1. The van der Waals surface area contributed by atoms with Gasteiger partial charge < -0.3 is 19.7 Å². The summed E-state index contributed by atoms with van der Waals surface area (Å²) in [6, 6.07) is 9.33. The Morgan fingerprint density at radius 3 is 2.44 bits per heavy atom. The van der Waals surface area contributed by atoms with E-state index in [0.717, 1.165) is 0 Å². The lowest BCUT2D eigenvalue weighted by molar-refractivity contribution is 0.0302. The van der Waals surface area contributed by atoms with Crippen LogP contribution in [0.2, 0.25) is 0 Å². The number of ether oxygens (including phenoxy) is 2. The molecule has 0 aliphatic carbocycles. The second-order valence-corrected chi connectivity index (χ2v) is 5.86. The molecule has 27 heavy (non-hydrogen) atoms. The maximum absolute atomic E-state index is 12.5. The zero-order chi connectivity index (χ0) is 19.2. The topological polar surface area (TPSA) is 97.8 Å². The predicted octanol–water partition coefficient (Wildman–Crippen LogP) is 1.59. The van der Waals surface area contributed by atoms with Gasteiger partial charge >= 0.3 is 5.97 Å². The first-order valence-electron chi connectivity index (χ1n) is 8.41. The summed E-state index contributed by atoms with van der Waals surface area (Å²) >= 11 is 0. The fourth-order valence-electron chi connectivity index (χ4n) is 2.64.